The van der Waals surface area contributed by atoms with Crippen molar-refractivity contribution in [2.75, 3.05) is 0 Å². The van der Waals surface area contributed by atoms with Crippen molar-refractivity contribution in [3.63, 3.8) is 0 Å². The highest BCUT2D eigenvalue weighted by Gasteiger charge is 2.42. The Hall–Kier alpha value is -7.89. The van der Waals surface area contributed by atoms with Crippen LogP contribution in [0.4, 0.5) is 0 Å². The normalized spacial score (nSPS) is 11.9. The molecule has 0 aromatic heterocycles. The van der Waals surface area contributed by atoms with Crippen LogP contribution in [0, 0.1) is 0 Å². The third-order valence-electron chi connectivity index (χ3n) is 14.2. The summed E-state index contributed by atoms with van der Waals surface area (Å²) in [6.07, 6.45) is 0. The van der Waals surface area contributed by atoms with Gasteiger partial charge < -0.3 is 0 Å². The van der Waals surface area contributed by atoms with E-state index in [0.29, 0.717) is 0 Å². The van der Waals surface area contributed by atoms with E-state index >= 15 is 0 Å². The first-order chi connectivity index (χ1) is 32.7. The van der Waals surface area contributed by atoms with Gasteiger partial charge in [-0.05, 0) is 96.1 Å². The molecule has 0 aliphatic heterocycles. The van der Waals surface area contributed by atoms with Gasteiger partial charge in [-0.3, -0.25) is 0 Å². The van der Waals surface area contributed by atoms with Crippen molar-refractivity contribution in [3.05, 3.63) is 279 Å². The summed E-state index contributed by atoms with van der Waals surface area (Å²) in [6, 6.07) is 105. The van der Waals surface area contributed by atoms with E-state index in [1.54, 1.807) is 0 Å². The molecule has 0 aliphatic rings. The molecule has 310 valence electrons. The van der Waals surface area contributed by atoms with E-state index < -0.39 is 16.1 Å². The highest BCUT2D eigenvalue weighted by Crippen LogP contribution is 2.42. The summed E-state index contributed by atoms with van der Waals surface area (Å²) in [7, 11) is -5.27. The molecule has 0 saturated heterocycles. The van der Waals surface area contributed by atoms with Gasteiger partial charge in [0.1, 0.15) is 0 Å². The van der Waals surface area contributed by atoms with Gasteiger partial charge in [0.2, 0.25) is 0 Å². The molecule has 0 fully saturated rings. The smallest absolute Gasteiger partial charge is 0.0623 e. The molecular weight excluding hydrogens is 825 g/mol. The molecule has 0 N–H and O–H groups in total. The minimum Gasteiger partial charge on any atom is -0.0623 e. The molecule has 66 heavy (non-hydrogen) atoms. The summed E-state index contributed by atoms with van der Waals surface area (Å²) >= 11 is 0. The van der Waals surface area contributed by atoms with Crippen LogP contribution in [-0.2, 0) is 0 Å². The zero-order valence-corrected chi connectivity index (χ0v) is 38.6. The van der Waals surface area contributed by atoms with E-state index in [2.05, 4.69) is 279 Å². The monoisotopic (exact) mass is 870 g/mol. The average Bonchev–Trinajstić information content (AvgIpc) is 3.41. The Morgan fingerprint density at radius 1 is 0.182 bits per heavy atom. The van der Waals surface area contributed by atoms with E-state index in [9.17, 15) is 0 Å². The number of hydrogen-bond acceptors (Lipinski definition) is 0. The van der Waals surface area contributed by atoms with Gasteiger partial charge in [0.15, 0.2) is 16.1 Å². The molecule has 0 spiro atoms. The van der Waals surface area contributed by atoms with E-state index in [-0.39, 0.29) is 0 Å². The molecule has 0 radical (unpaired) electrons. The Morgan fingerprint density at radius 3 is 0.667 bits per heavy atom. The van der Waals surface area contributed by atoms with Crippen LogP contribution in [0.25, 0.3) is 54.6 Å². The molecule has 2 heteroatoms. The van der Waals surface area contributed by atoms with Gasteiger partial charge >= 0.3 is 0 Å². The second-order valence-corrected chi connectivity index (χ2v) is 25.1. The molecule has 0 atom stereocenters. The second kappa shape index (κ2) is 16.6. The fraction of sp³-hybridized carbons (Fsp3) is 0. The predicted molar refractivity (Wildman–Crippen MR) is 288 cm³/mol. The van der Waals surface area contributed by atoms with Crippen molar-refractivity contribution >= 4 is 90.0 Å². The largest absolute Gasteiger partial charge is 0.179 e. The summed E-state index contributed by atoms with van der Waals surface area (Å²) < 4.78 is 0. The Kier molecular flexibility index (Phi) is 9.98. The van der Waals surface area contributed by atoms with Crippen molar-refractivity contribution < 1.29 is 0 Å². The third-order valence-corrected chi connectivity index (χ3v) is 23.8. The zero-order chi connectivity index (χ0) is 43.9. The van der Waals surface area contributed by atoms with Gasteiger partial charge in [-0.15, -0.1) is 0 Å². The fourth-order valence-corrected chi connectivity index (χ4v) is 20.7. The predicted octanol–water partition coefficient (Wildman–Crippen LogP) is 10.7. The maximum Gasteiger partial charge on any atom is 0.179 e. The Balaban J connectivity index is 0.984. The van der Waals surface area contributed by atoms with E-state index in [1.807, 2.05) is 0 Å². The van der Waals surface area contributed by atoms with Gasteiger partial charge in [-0.2, -0.15) is 0 Å². The zero-order valence-electron chi connectivity index (χ0n) is 36.6. The highest BCUT2D eigenvalue weighted by atomic mass is 28.3. The molecule has 0 unspecified atom stereocenters. The van der Waals surface area contributed by atoms with Crippen molar-refractivity contribution in [3.8, 4) is 22.3 Å². The fourth-order valence-electron chi connectivity index (χ4n) is 11.2. The van der Waals surface area contributed by atoms with Crippen molar-refractivity contribution in [1.82, 2.24) is 0 Å². The van der Waals surface area contributed by atoms with Gasteiger partial charge in [0.25, 0.3) is 0 Å². The van der Waals surface area contributed by atoms with E-state index in [1.165, 1.54) is 96.1 Å². The first-order valence-corrected chi connectivity index (χ1v) is 27.0. The molecule has 0 heterocycles. The van der Waals surface area contributed by atoms with Crippen molar-refractivity contribution in [1.29, 1.82) is 0 Å². The van der Waals surface area contributed by atoms with E-state index in [0.717, 1.165) is 0 Å². The molecule has 12 rings (SSSR count). The lowest BCUT2D eigenvalue weighted by atomic mass is 9.87. The summed E-state index contributed by atoms with van der Waals surface area (Å²) in [6.45, 7) is 0. The third kappa shape index (κ3) is 6.33. The van der Waals surface area contributed by atoms with Gasteiger partial charge in [0, 0.05) is 0 Å². The molecule has 0 amide bonds. The molecule has 12 aromatic carbocycles. The molecule has 0 saturated carbocycles. The maximum atomic E-state index is 2.42. The highest BCUT2D eigenvalue weighted by molar-refractivity contribution is 7.20. The van der Waals surface area contributed by atoms with Crippen LogP contribution in [0.15, 0.2) is 279 Å². The van der Waals surface area contributed by atoms with Crippen LogP contribution < -0.4 is 41.5 Å². The van der Waals surface area contributed by atoms with Crippen LogP contribution in [0.5, 0.6) is 0 Å². The summed E-state index contributed by atoms with van der Waals surface area (Å²) in [5.74, 6) is 0. The molecular formula is C64H46Si2. The minimum atomic E-state index is -2.63. The van der Waals surface area contributed by atoms with Gasteiger partial charge in [-0.1, -0.05) is 279 Å². The van der Waals surface area contributed by atoms with Gasteiger partial charge in [-0.25, -0.2) is 0 Å². The van der Waals surface area contributed by atoms with Crippen LogP contribution in [-0.4, -0.2) is 16.1 Å². The first kappa shape index (κ1) is 39.7. The lowest BCUT2D eigenvalue weighted by molar-refractivity contribution is 1.64. The number of rotatable bonds is 10. The lowest BCUT2D eigenvalue weighted by Gasteiger charge is -2.34. The molecule has 12 aromatic rings. The van der Waals surface area contributed by atoms with Gasteiger partial charge in [0.05, 0.1) is 0 Å². The number of benzene rings is 12. The van der Waals surface area contributed by atoms with Crippen molar-refractivity contribution in [2.24, 2.45) is 0 Å². The standard InChI is InChI=1S/C64H46Si2/c1-7-19-51(20-8-1)65(52-21-9-2-10-22-52,53-23-11-3-12-24-53)57-39-31-47(32-40-57)59-43-35-49-38-46-62-60(44-36-50-37-45-61(59)63(49)64(50)62)48-33-41-58(42-34-48)66(54-25-13-4-14-26-54,55-27-15-5-16-28-55)56-29-17-6-18-30-56/h1-46H. The van der Waals surface area contributed by atoms with Crippen LogP contribution >= 0.6 is 0 Å². The summed E-state index contributed by atoms with van der Waals surface area (Å²) in [4.78, 5) is 0. The second-order valence-electron chi connectivity index (χ2n) is 17.5. The van der Waals surface area contributed by atoms with Crippen LogP contribution in [0.1, 0.15) is 0 Å². The lowest BCUT2D eigenvalue weighted by Crippen LogP contribution is -2.74. The minimum absolute atomic E-state index is 1.23. The Morgan fingerprint density at radius 2 is 0.409 bits per heavy atom. The van der Waals surface area contributed by atoms with Crippen molar-refractivity contribution in [2.45, 2.75) is 0 Å². The Bertz CT molecular complexity index is 3140. The van der Waals surface area contributed by atoms with Crippen LogP contribution in [0.2, 0.25) is 0 Å². The summed E-state index contributed by atoms with van der Waals surface area (Å²) in [5.41, 5.74) is 4.97. The molecule has 0 nitrogen and oxygen atoms in total. The van der Waals surface area contributed by atoms with Crippen LogP contribution in [0.3, 0.4) is 0 Å². The maximum absolute atomic E-state index is 2.63. The average molecular weight is 871 g/mol. The SMILES string of the molecule is c1ccc([Si](c2ccccc2)(c2ccccc2)c2ccc(-c3ccc4ccc5c(-c6ccc([Si](c7ccccc7)(c7ccccc7)c7ccccc7)cc6)ccc6ccc3c4c65)cc2)cc1. The van der Waals surface area contributed by atoms with E-state index in [4.69, 9.17) is 0 Å². The quantitative estimate of drug-likeness (QED) is 0.0730. The topological polar surface area (TPSA) is 0 Å². The molecule has 0 bridgehead atoms. The first-order valence-electron chi connectivity index (χ1n) is 23.0. The number of hydrogen-bond donors (Lipinski definition) is 0. The Labute approximate surface area is 389 Å². The molecule has 0 aliphatic carbocycles. The summed E-state index contributed by atoms with van der Waals surface area (Å²) in [5, 5.41) is 18.8.